The third kappa shape index (κ3) is 4.89. The van der Waals surface area contributed by atoms with Crippen molar-refractivity contribution in [2.75, 3.05) is 5.32 Å². The highest BCUT2D eigenvalue weighted by Gasteiger charge is 2.20. The maximum Gasteiger partial charge on any atom is 0.230 e. The number of carbonyl (C=O) groups excluding carboxylic acids is 1. The second kappa shape index (κ2) is 7.25. The number of anilines is 1. The highest BCUT2D eigenvalue weighted by molar-refractivity contribution is 7.92. The standard InChI is InChI=1S/C18H24N2O3S2/c1-12(2)25(22,23)14-8-6-13(7-9-14)10-16(21)20-17-19-15(11-24-17)18(3,4)5/h6-9,11-12H,10H2,1-5H3,(H,19,20,21). The Morgan fingerprint density at radius 3 is 2.28 bits per heavy atom. The Balaban J connectivity index is 2.03. The second-order valence-electron chi connectivity index (χ2n) is 7.25. The fourth-order valence-electron chi connectivity index (χ4n) is 2.09. The van der Waals surface area contributed by atoms with E-state index in [1.165, 1.54) is 11.3 Å². The van der Waals surface area contributed by atoms with Crippen LogP contribution < -0.4 is 5.32 Å². The number of nitrogens with one attached hydrogen (secondary N) is 1. The van der Waals surface area contributed by atoms with Gasteiger partial charge in [-0.25, -0.2) is 13.4 Å². The van der Waals surface area contributed by atoms with Gasteiger partial charge >= 0.3 is 0 Å². The molecule has 0 atom stereocenters. The molecule has 0 saturated carbocycles. The maximum absolute atomic E-state index is 12.2. The highest BCUT2D eigenvalue weighted by Crippen LogP contribution is 2.26. The molecule has 5 nitrogen and oxygen atoms in total. The van der Waals surface area contributed by atoms with Gasteiger partial charge in [0, 0.05) is 10.8 Å². The van der Waals surface area contributed by atoms with Crippen LogP contribution in [0.4, 0.5) is 5.13 Å². The highest BCUT2D eigenvalue weighted by atomic mass is 32.2. The minimum absolute atomic E-state index is 0.0583. The summed E-state index contributed by atoms with van der Waals surface area (Å²) in [6, 6.07) is 6.46. The van der Waals surface area contributed by atoms with Crippen molar-refractivity contribution in [2.45, 2.75) is 56.6 Å². The van der Waals surface area contributed by atoms with Crippen LogP contribution in [0.2, 0.25) is 0 Å². The van der Waals surface area contributed by atoms with Crippen LogP contribution in [-0.2, 0) is 26.5 Å². The normalized spacial score (nSPS) is 12.4. The maximum atomic E-state index is 12.2. The predicted octanol–water partition coefficient (Wildman–Crippen LogP) is 3.80. The number of aromatic nitrogens is 1. The Hall–Kier alpha value is -1.73. The van der Waals surface area contributed by atoms with Gasteiger partial charge in [-0.2, -0.15) is 0 Å². The monoisotopic (exact) mass is 380 g/mol. The Morgan fingerprint density at radius 1 is 1.20 bits per heavy atom. The molecule has 0 fully saturated rings. The zero-order chi connectivity index (χ0) is 18.8. The summed E-state index contributed by atoms with van der Waals surface area (Å²) >= 11 is 1.40. The van der Waals surface area contributed by atoms with Crippen molar-refractivity contribution < 1.29 is 13.2 Å². The lowest BCUT2D eigenvalue weighted by molar-refractivity contribution is -0.115. The van der Waals surface area contributed by atoms with Crippen LogP contribution in [0.3, 0.4) is 0 Å². The third-order valence-corrected chi connectivity index (χ3v) is 6.68. The number of rotatable bonds is 5. The van der Waals surface area contributed by atoms with Gasteiger partial charge in [-0.15, -0.1) is 11.3 Å². The van der Waals surface area contributed by atoms with Gasteiger partial charge in [-0.1, -0.05) is 32.9 Å². The lowest BCUT2D eigenvalue weighted by Gasteiger charge is -2.14. The molecular formula is C18H24N2O3S2. The van der Waals surface area contributed by atoms with E-state index in [2.05, 4.69) is 31.1 Å². The molecule has 0 saturated heterocycles. The Labute approximate surface area is 153 Å². The first-order valence-electron chi connectivity index (χ1n) is 8.09. The number of sulfone groups is 1. The van der Waals surface area contributed by atoms with Crippen LogP contribution in [0.15, 0.2) is 34.5 Å². The van der Waals surface area contributed by atoms with Crippen LogP contribution in [0.5, 0.6) is 0 Å². The molecule has 136 valence electrons. The number of hydrogen-bond donors (Lipinski definition) is 1. The minimum atomic E-state index is -3.29. The Morgan fingerprint density at radius 2 is 1.80 bits per heavy atom. The molecule has 1 aromatic heterocycles. The molecule has 1 heterocycles. The van der Waals surface area contributed by atoms with Crippen molar-refractivity contribution in [1.82, 2.24) is 4.98 Å². The molecule has 0 aliphatic rings. The smallest absolute Gasteiger partial charge is 0.230 e. The largest absolute Gasteiger partial charge is 0.302 e. The van der Waals surface area contributed by atoms with Gasteiger partial charge in [0.1, 0.15) is 0 Å². The van der Waals surface area contributed by atoms with E-state index >= 15 is 0 Å². The first-order chi connectivity index (χ1) is 11.5. The zero-order valence-corrected chi connectivity index (χ0v) is 16.8. The zero-order valence-electron chi connectivity index (χ0n) is 15.2. The van der Waals surface area contributed by atoms with Crippen molar-refractivity contribution in [2.24, 2.45) is 0 Å². The topological polar surface area (TPSA) is 76.1 Å². The summed E-state index contributed by atoms with van der Waals surface area (Å²) in [6.07, 6.45) is 0.173. The molecular weight excluding hydrogens is 356 g/mol. The van der Waals surface area contributed by atoms with E-state index in [9.17, 15) is 13.2 Å². The van der Waals surface area contributed by atoms with Gasteiger partial charge in [-0.05, 0) is 31.5 Å². The van der Waals surface area contributed by atoms with E-state index in [1.807, 2.05) is 5.38 Å². The van der Waals surface area contributed by atoms with Gasteiger partial charge in [0.2, 0.25) is 5.91 Å². The molecule has 0 aliphatic heterocycles. The molecule has 0 radical (unpaired) electrons. The molecule has 1 amide bonds. The fourth-order valence-corrected chi connectivity index (χ4v) is 4.11. The Kier molecular flexibility index (Phi) is 5.68. The van der Waals surface area contributed by atoms with Crippen LogP contribution >= 0.6 is 11.3 Å². The molecule has 1 aromatic carbocycles. The molecule has 2 rings (SSSR count). The van der Waals surface area contributed by atoms with Gasteiger partial charge in [0.15, 0.2) is 15.0 Å². The average molecular weight is 381 g/mol. The molecule has 7 heteroatoms. The van der Waals surface area contributed by atoms with Gasteiger partial charge in [-0.3, -0.25) is 4.79 Å². The summed E-state index contributed by atoms with van der Waals surface area (Å²) < 4.78 is 24.2. The van der Waals surface area contributed by atoms with Crippen molar-refractivity contribution in [3.8, 4) is 0 Å². The summed E-state index contributed by atoms with van der Waals surface area (Å²) in [5.41, 5.74) is 1.64. The van der Waals surface area contributed by atoms with Crippen LogP contribution in [0, 0.1) is 0 Å². The Bertz CT molecular complexity index is 845. The first kappa shape index (κ1) is 19.6. The predicted molar refractivity (Wildman–Crippen MR) is 102 cm³/mol. The molecule has 1 N–H and O–H groups in total. The van der Waals surface area contributed by atoms with E-state index in [1.54, 1.807) is 38.1 Å². The molecule has 25 heavy (non-hydrogen) atoms. The summed E-state index contributed by atoms with van der Waals surface area (Å²) in [5, 5.41) is 4.85. The SMILES string of the molecule is CC(C)S(=O)(=O)c1ccc(CC(=O)Nc2nc(C(C)(C)C)cs2)cc1. The van der Waals surface area contributed by atoms with Crippen molar-refractivity contribution >= 4 is 32.2 Å². The second-order valence-corrected chi connectivity index (χ2v) is 10.6. The van der Waals surface area contributed by atoms with E-state index in [-0.39, 0.29) is 22.6 Å². The number of thiazole rings is 1. The number of carbonyl (C=O) groups is 1. The van der Waals surface area contributed by atoms with Gasteiger partial charge in [0.25, 0.3) is 0 Å². The van der Waals surface area contributed by atoms with E-state index in [0.717, 1.165) is 11.3 Å². The van der Waals surface area contributed by atoms with Crippen LogP contribution in [-0.4, -0.2) is 24.6 Å². The molecule has 0 aliphatic carbocycles. The third-order valence-electron chi connectivity index (χ3n) is 3.76. The number of amides is 1. The van der Waals surface area contributed by atoms with Crippen LogP contribution in [0.25, 0.3) is 0 Å². The summed E-state index contributed by atoms with van der Waals surface area (Å²) in [7, 11) is -3.29. The summed E-state index contributed by atoms with van der Waals surface area (Å²) in [4.78, 5) is 16.9. The average Bonchev–Trinajstić information content (AvgIpc) is 2.96. The molecule has 0 bridgehead atoms. The fraction of sp³-hybridized carbons (Fsp3) is 0.444. The lowest BCUT2D eigenvalue weighted by Crippen LogP contribution is -2.16. The summed E-state index contributed by atoms with van der Waals surface area (Å²) in [6.45, 7) is 9.51. The van der Waals surface area contributed by atoms with Gasteiger partial charge < -0.3 is 5.32 Å². The summed E-state index contributed by atoms with van der Waals surface area (Å²) in [5.74, 6) is -0.172. The minimum Gasteiger partial charge on any atom is -0.302 e. The number of benzene rings is 1. The van der Waals surface area contributed by atoms with E-state index in [0.29, 0.717) is 5.13 Å². The lowest BCUT2D eigenvalue weighted by atomic mass is 9.93. The van der Waals surface area contributed by atoms with Crippen LogP contribution in [0.1, 0.15) is 45.9 Å². The first-order valence-corrected chi connectivity index (χ1v) is 10.5. The molecule has 0 unspecified atom stereocenters. The molecule has 2 aromatic rings. The quantitative estimate of drug-likeness (QED) is 0.856. The van der Waals surface area contributed by atoms with E-state index in [4.69, 9.17) is 0 Å². The van der Waals surface area contributed by atoms with Gasteiger partial charge in [0.05, 0.1) is 22.3 Å². The number of hydrogen-bond acceptors (Lipinski definition) is 5. The molecule has 0 spiro atoms. The van der Waals surface area contributed by atoms with Crippen molar-refractivity contribution in [3.63, 3.8) is 0 Å². The number of nitrogens with zero attached hydrogens (tertiary/aromatic N) is 1. The van der Waals surface area contributed by atoms with Crippen molar-refractivity contribution in [1.29, 1.82) is 0 Å². The van der Waals surface area contributed by atoms with Crippen molar-refractivity contribution in [3.05, 3.63) is 40.9 Å². The van der Waals surface area contributed by atoms with E-state index < -0.39 is 15.1 Å².